The van der Waals surface area contributed by atoms with Crippen molar-refractivity contribution in [3.8, 4) is 0 Å². The normalized spacial score (nSPS) is 10.9. The van der Waals surface area contributed by atoms with Crippen molar-refractivity contribution < 1.29 is 4.79 Å². The van der Waals surface area contributed by atoms with Gasteiger partial charge in [0, 0.05) is 17.0 Å². The number of carbonyl (C=O) groups is 1. The molecule has 0 radical (unpaired) electrons. The van der Waals surface area contributed by atoms with Crippen LogP contribution in [0, 0.1) is 6.92 Å². The minimum Gasteiger partial charge on any atom is -0.293 e. The van der Waals surface area contributed by atoms with Crippen molar-refractivity contribution in [2.75, 3.05) is 13.1 Å². The van der Waals surface area contributed by atoms with Crippen LogP contribution in [0.15, 0.2) is 41.8 Å². The maximum absolute atomic E-state index is 12.3. The molecule has 0 unspecified atom stereocenters. The fourth-order valence-electron chi connectivity index (χ4n) is 2.08. The number of thiophene rings is 1. The first kappa shape index (κ1) is 14.0. The van der Waals surface area contributed by atoms with E-state index in [1.807, 2.05) is 31.2 Å². The number of carbonyl (C=O) groups excluding carboxylic acids is 1. The minimum absolute atomic E-state index is 0.205. The molecule has 0 aliphatic heterocycles. The van der Waals surface area contributed by atoms with Crippen molar-refractivity contribution in [3.05, 3.63) is 57.8 Å². The molecule has 3 heteroatoms. The monoisotopic (exact) mass is 273 g/mol. The van der Waals surface area contributed by atoms with E-state index >= 15 is 0 Å². The average molecular weight is 273 g/mol. The van der Waals surface area contributed by atoms with Gasteiger partial charge in [-0.3, -0.25) is 9.69 Å². The van der Waals surface area contributed by atoms with E-state index in [0.717, 1.165) is 24.2 Å². The number of hydrogen-bond acceptors (Lipinski definition) is 3. The lowest BCUT2D eigenvalue weighted by atomic mass is 10.0. The summed E-state index contributed by atoms with van der Waals surface area (Å²) in [5.41, 5.74) is 1.90. The molecule has 0 bridgehead atoms. The standard InChI is InChI=1S/C16H19NOS/c1-3-17(11-14-8-6-10-19-14)12-16(18)15-9-5-4-7-13(15)2/h4-10H,3,11-12H2,1-2H3. The molecule has 0 amide bonds. The van der Waals surface area contributed by atoms with Crippen LogP contribution in [0.1, 0.15) is 27.7 Å². The Kier molecular flexibility index (Phi) is 4.88. The highest BCUT2D eigenvalue weighted by Gasteiger charge is 2.13. The highest BCUT2D eigenvalue weighted by molar-refractivity contribution is 7.09. The van der Waals surface area contributed by atoms with E-state index in [1.165, 1.54) is 4.88 Å². The number of benzene rings is 1. The lowest BCUT2D eigenvalue weighted by Crippen LogP contribution is -2.29. The van der Waals surface area contributed by atoms with Crippen LogP contribution in [0.25, 0.3) is 0 Å². The molecule has 1 heterocycles. The molecular weight excluding hydrogens is 254 g/mol. The summed E-state index contributed by atoms with van der Waals surface area (Å²) >= 11 is 1.74. The van der Waals surface area contributed by atoms with E-state index in [0.29, 0.717) is 6.54 Å². The number of Topliss-reactive ketones (excluding diaryl/α,β-unsaturated/α-hetero) is 1. The van der Waals surface area contributed by atoms with Gasteiger partial charge in [0.1, 0.15) is 0 Å². The molecular formula is C16H19NOS. The van der Waals surface area contributed by atoms with Gasteiger partial charge in [-0.05, 0) is 30.5 Å². The summed E-state index contributed by atoms with van der Waals surface area (Å²) in [7, 11) is 0. The molecule has 1 aromatic heterocycles. The Hall–Kier alpha value is -1.45. The zero-order chi connectivity index (χ0) is 13.7. The van der Waals surface area contributed by atoms with Crippen LogP contribution in [-0.4, -0.2) is 23.8 Å². The van der Waals surface area contributed by atoms with Crippen LogP contribution in [0.5, 0.6) is 0 Å². The first-order valence-corrected chi connectivity index (χ1v) is 7.42. The molecule has 0 aliphatic carbocycles. The predicted octanol–water partition coefficient (Wildman–Crippen LogP) is 3.76. The number of nitrogens with zero attached hydrogens (tertiary/aromatic N) is 1. The molecule has 0 atom stereocenters. The second-order valence-electron chi connectivity index (χ2n) is 4.62. The van der Waals surface area contributed by atoms with E-state index in [2.05, 4.69) is 29.3 Å². The molecule has 1 aromatic carbocycles. The van der Waals surface area contributed by atoms with Gasteiger partial charge in [-0.15, -0.1) is 11.3 Å². The molecule has 0 spiro atoms. The molecule has 19 heavy (non-hydrogen) atoms. The summed E-state index contributed by atoms with van der Waals surface area (Å²) in [5, 5.41) is 2.08. The average Bonchev–Trinajstić information content (AvgIpc) is 2.91. The number of rotatable bonds is 6. The lowest BCUT2D eigenvalue weighted by molar-refractivity contribution is 0.0929. The lowest BCUT2D eigenvalue weighted by Gasteiger charge is -2.19. The zero-order valence-electron chi connectivity index (χ0n) is 11.4. The first-order valence-electron chi connectivity index (χ1n) is 6.54. The van der Waals surface area contributed by atoms with Crippen molar-refractivity contribution in [2.24, 2.45) is 0 Å². The quantitative estimate of drug-likeness (QED) is 0.747. The van der Waals surface area contributed by atoms with Crippen LogP contribution < -0.4 is 0 Å². The van der Waals surface area contributed by atoms with Crippen LogP contribution >= 0.6 is 11.3 Å². The van der Waals surface area contributed by atoms with Crippen molar-refractivity contribution in [1.29, 1.82) is 0 Å². The van der Waals surface area contributed by atoms with Gasteiger partial charge in [0.05, 0.1) is 6.54 Å². The molecule has 2 rings (SSSR count). The van der Waals surface area contributed by atoms with Crippen LogP contribution in [0.2, 0.25) is 0 Å². The maximum Gasteiger partial charge on any atom is 0.177 e. The molecule has 100 valence electrons. The van der Waals surface area contributed by atoms with Gasteiger partial charge >= 0.3 is 0 Å². The van der Waals surface area contributed by atoms with E-state index in [4.69, 9.17) is 0 Å². The predicted molar refractivity (Wildman–Crippen MR) is 80.8 cm³/mol. The Bertz CT molecular complexity index is 533. The molecule has 2 nitrogen and oxygen atoms in total. The van der Waals surface area contributed by atoms with Crippen LogP contribution in [0.3, 0.4) is 0 Å². The van der Waals surface area contributed by atoms with E-state index in [1.54, 1.807) is 11.3 Å². The van der Waals surface area contributed by atoms with Crippen LogP contribution in [0.4, 0.5) is 0 Å². The SMILES string of the molecule is CCN(CC(=O)c1ccccc1C)Cc1cccs1. The Labute approximate surface area is 118 Å². The van der Waals surface area contributed by atoms with Gasteiger partial charge in [-0.25, -0.2) is 0 Å². The van der Waals surface area contributed by atoms with Gasteiger partial charge < -0.3 is 0 Å². The maximum atomic E-state index is 12.3. The van der Waals surface area contributed by atoms with Crippen LogP contribution in [-0.2, 0) is 6.54 Å². The number of likely N-dealkylation sites (N-methyl/N-ethyl adjacent to an activating group) is 1. The largest absolute Gasteiger partial charge is 0.293 e. The summed E-state index contributed by atoms with van der Waals surface area (Å²) in [6.45, 7) is 6.31. The summed E-state index contributed by atoms with van der Waals surface area (Å²) in [6, 6.07) is 12.0. The Morgan fingerprint density at radius 2 is 2.00 bits per heavy atom. The second kappa shape index (κ2) is 6.64. The third kappa shape index (κ3) is 3.75. The number of ketones is 1. The van der Waals surface area contributed by atoms with E-state index in [9.17, 15) is 4.79 Å². The number of hydrogen-bond donors (Lipinski definition) is 0. The summed E-state index contributed by atoms with van der Waals surface area (Å²) in [6.07, 6.45) is 0. The highest BCUT2D eigenvalue weighted by atomic mass is 32.1. The van der Waals surface area contributed by atoms with Crippen molar-refractivity contribution >= 4 is 17.1 Å². The van der Waals surface area contributed by atoms with Gasteiger partial charge in [0.25, 0.3) is 0 Å². The van der Waals surface area contributed by atoms with Gasteiger partial charge in [0.2, 0.25) is 0 Å². The third-order valence-corrected chi connectivity index (χ3v) is 4.08. The van der Waals surface area contributed by atoms with E-state index < -0.39 is 0 Å². The van der Waals surface area contributed by atoms with E-state index in [-0.39, 0.29) is 5.78 Å². The smallest absolute Gasteiger partial charge is 0.177 e. The van der Waals surface area contributed by atoms with Crippen molar-refractivity contribution in [1.82, 2.24) is 4.90 Å². The summed E-state index contributed by atoms with van der Waals surface area (Å²) < 4.78 is 0. The molecule has 2 aromatic rings. The molecule has 0 fully saturated rings. The van der Waals surface area contributed by atoms with Crippen molar-refractivity contribution in [2.45, 2.75) is 20.4 Å². The highest BCUT2D eigenvalue weighted by Crippen LogP contribution is 2.13. The molecule has 0 saturated heterocycles. The van der Waals surface area contributed by atoms with Crippen molar-refractivity contribution in [3.63, 3.8) is 0 Å². The summed E-state index contributed by atoms with van der Waals surface area (Å²) in [4.78, 5) is 15.8. The molecule has 0 aliphatic rings. The Morgan fingerprint density at radius 1 is 1.21 bits per heavy atom. The first-order chi connectivity index (χ1) is 9.20. The molecule has 0 saturated carbocycles. The molecule has 0 N–H and O–H groups in total. The fraction of sp³-hybridized carbons (Fsp3) is 0.312. The zero-order valence-corrected chi connectivity index (χ0v) is 12.2. The van der Waals surface area contributed by atoms with Gasteiger partial charge in [-0.1, -0.05) is 37.3 Å². The van der Waals surface area contributed by atoms with Gasteiger partial charge in [-0.2, -0.15) is 0 Å². The fourth-order valence-corrected chi connectivity index (χ4v) is 2.82. The number of aryl methyl sites for hydroxylation is 1. The minimum atomic E-state index is 0.205. The third-order valence-electron chi connectivity index (χ3n) is 3.22. The summed E-state index contributed by atoms with van der Waals surface area (Å²) in [5.74, 6) is 0.205. The van der Waals surface area contributed by atoms with Gasteiger partial charge in [0.15, 0.2) is 5.78 Å². The Morgan fingerprint density at radius 3 is 2.63 bits per heavy atom. The topological polar surface area (TPSA) is 20.3 Å². The second-order valence-corrected chi connectivity index (χ2v) is 5.65. The Balaban J connectivity index is 2.02.